The Morgan fingerprint density at radius 1 is 1.04 bits per heavy atom. The molecule has 0 unspecified atom stereocenters. The number of nitrogens with zero attached hydrogens (tertiary/aromatic N) is 1. The summed E-state index contributed by atoms with van der Waals surface area (Å²) in [5, 5.41) is 3.13. The number of hydrogen-bond acceptors (Lipinski definition) is 3. The molecule has 0 saturated carbocycles. The van der Waals surface area contributed by atoms with Crippen molar-refractivity contribution in [2.45, 2.75) is 38.1 Å². The summed E-state index contributed by atoms with van der Waals surface area (Å²) < 4.78 is 0. The zero-order valence-electron chi connectivity index (χ0n) is 15.6. The largest absolute Gasteiger partial charge is 0.324 e. The molecule has 2 aromatic rings. The minimum atomic E-state index is 0.0406. The van der Waals surface area contributed by atoms with Crippen LogP contribution in [-0.2, 0) is 24.2 Å². The molecule has 0 aliphatic carbocycles. The van der Waals surface area contributed by atoms with Gasteiger partial charge in [-0.3, -0.25) is 9.69 Å². The molecule has 134 valence electrons. The SMILES string of the molecule is CCc1cccc(CC)c1NC(=O)CN(C)Cc1ccc(SC)cc1. The van der Waals surface area contributed by atoms with Crippen molar-refractivity contribution in [1.29, 1.82) is 0 Å². The lowest BCUT2D eigenvalue weighted by molar-refractivity contribution is -0.117. The van der Waals surface area contributed by atoms with Gasteiger partial charge >= 0.3 is 0 Å². The number of amides is 1. The Kier molecular flexibility index (Phi) is 7.53. The number of carbonyl (C=O) groups excluding carboxylic acids is 1. The second-order valence-electron chi connectivity index (χ2n) is 6.23. The van der Waals surface area contributed by atoms with Crippen LogP contribution in [0, 0.1) is 0 Å². The third kappa shape index (κ3) is 5.62. The summed E-state index contributed by atoms with van der Waals surface area (Å²) in [5.41, 5.74) is 4.61. The molecule has 0 radical (unpaired) electrons. The van der Waals surface area contributed by atoms with E-state index in [4.69, 9.17) is 0 Å². The van der Waals surface area contributed by atoms with E-state index in [0.717, 1.165) is 25.1 Å². The van der Waals surface area contributed by atoms with E-state index in [1.165, 1.54) is 21.6 Å². The molecular formula is C21H28N2OS. The Morgan fingerprint density at radius 3 is 2.16 bits per heavy atom. The van der Waals surface area contributed by atoms with Gasteiger partial charge in [0.15, 0.2) is 0 Å². The Hall–Kier alpha value is -1.78. The van der Waals surface area contributed by atoms with Crippen molar-refractivity contribution in [2.24, 2.45) is 0 Å². The van der Waals surface area contributed by atoms with E-state index < -0.39 is 0 Å². The molecule has 0 aromatic heterocycles. The number of rotatable bonds is 8. The quantitative estimate of drug-likeness (QED) is 0.701. The first-order valence-corrected chi connectivity index (χ1v) is 10.0. The average molecular weight is 357 g/mol. The number of nitrogens with one attached hydrogen (secondary N) is 1. The molecule has 2 rings (SSSR count). The molecule has 0 spiro atoms. The Labute approximate surface area is 155 Å². The molecule has 0 aliphatic rings. The molecule has 1 amide bonds. The molecule has 0 saturated heterocycles. The first kappa shape index (κ1) is 19.5. The van der Waals surface area contributed by atoms with Gasteiger partial charge in [0.05, 0.1) is 6.54 Å². The normalized spacial score (nSPS) is 10.9. The van der Waals surface area contributed by atoms with Crippen LogP contribution in [0.15, 0.2) is 47.4 Å². The van der Waals surface area contributed by atoms with Gasteiger partial charge in [-0.25, -0.2) is 0 Å². The Morgan fingerprint density at radius 2 is 1.64 bits per heavy atom. The van der Waals surface area contributed by atoms with Crippen LogP contribution < -0.4 is 5.32 Å². The summed E-state index contributed by atoms with van der Waals surface area (Å²) in [7, 11) is 1.98. The number of carbonyl (C=O) groups is 1. The van der Waals surface area contributed by atoms with E-state index in [2.05, 4.69) is 67.9 Å². The predicted octanol–water partition coefficient (Wildman–Crippen LogP) is 4.60. The lowest BCUT2D eigenvalue weighted by Gasteiger charge is -2.19. The van der Waals surface area contributed by atoms with Crippen molar-refractivity contribution < 1.29 is 4.79 Å². The highest BCUT2D eigenvalue weighted by Gasteiger charge is 2.12. The summed E-state index contributed by atoms with van der Waals surface area (Å²) >= 11 is 1.74. The minimum absolute atomic E-state index is 0.0406. The van der Waals surface area contributed by atoms with Crippen LogP contribution >= 0.6 is 11.8 Å². The molecule has 0 atom stereocenters. The summed E-state index contributed by atoms with van der Waals surface area (Å²) in [6.45, 7) is 5.38. The number of benzene rings is 2. The van der Waals surface area contributed by atoms with Gasteiger partial charge in [0.2, 0.25) is 5.91 Å². The smallest absolute Gasteiger partial charge is 0.238 e. The summed E-state index contributed by atoms with van der Waals surface area (Å²) in [6, 6.07) is 14.7. The molecular weight excluding hydrogens is 328 g/mol. The molecule has 25 heavy (non-hydrogen) atoms. The highest BCUT2D eigenvalue weighted by Crippen LogP contribution is 2.22. The number of thioether (sulfide) groups is 1. The monoisotopic (exact) mass is 356 g/mol. The zero-order chi connectivity index (χ0) is 18.2. The summed E-state index contributed by atoms with van der Waals surface area (Å²) in [4.78, 5) is 15.8. The van der Waals surface area contributed by atoms with Crippen LogP contribution in [0.1, 0.15) is 30.5 Å². The van der Waals surface area contributed by atoms with Crippen LogP contribution in [0.4, 0.5) is 5.69 Å². The minimum Gasteiger partial charge on any atom is -0.324 e. The van der Waals surface area contributed by atoms with Gasteiger partial charge in [0.1, 0.15) is 0 Å². The predicted molar refractivity (Wildman–Crippen MR) is 108 cm³/mol. The molecule has 4 heteroatoms. The molecule has 0 aliphatic heterocycles. The number of anilines is 1. The van der Waals surface area contributed by atoms with Gasteiger partial charge in [0.25, 0.3) is 0 Å². The maximum Gasteiger partial charge on any atom is 0.238 e. The fourth-order valence-corrected chi connectivity index (χ4v) is 3.33. The third-order valence-corrected chi connectivity index (χ3v) is 5.03. The van der Waals surface area contributed by atoms with E-state index in [-0.39, 0.29) is 5.91 Å². The van der Waals surface area contributed by atoms with Crippen molar-refractivity contribution in [1.82, 2.24) is 4.90 Å². The van der Waals surface area contributed by atoms with Crippen LogP contribution in [-0.4, -0.2) is 30.7 Å². The molecule has 3 nitrogen and oxygen atoms in total. The van der Waals surface area contributed by atoms with Crippen molar-refractivity contribution >= 4 is 23.4 Å². The van der Waals surface area contributed by atoms with Gasteiger partial charge in [-0.1, -0.05) is 44.2 Å². The van der Waals surface area contributed by atoms with Crippen LogP contribution in [0.5, 0.6) is 0 Å². The highest BCUT2D eigenvalue weighted by molar-refractivity contribution is 7.98. The average Bonchev–Trinajstić information content (AvgIpc) is 2.62. The summed E-state index contributed by atoms with van der Waals surface area (Å²) in [6.07, 6.45) is 3.91. The lowest BCUT2D eigenvalue weighted by Crippen LogP contribution is -2.30. The van der Waals surface area contributed by atoms with Crippen molar-refractivity contribution in [3.63, 3.8) is 0 Å². The van der Waals surface area contributed by atoms with Gasteiger partial charge < -0.3 is 5.32 Å². The first-order chi connectivity index (χ1) is 12.1. The van der Waals surface area contributed by atoms with E-state index in [1.54, 1.807) is 11.8 Å². The van der Waals surface area contributed by atoms with Crippen molar-refractivity contribution in [3.8, 4) is 0 Å². The molecule has 2 aromatic carbocycles. The second kappa shape index (κ2) is 9.64. The van der Waals surface area contributed by atoms with Gasteiger partial charge in [-0.2, -0.15) is 0 Å². The zero-order valence-corrected chi connectivity index (χ0v) is 16.5. The fourth-order valence-electron chi connectivity index (χ4n) is 2.93. The fraction of sp³-hybridized carbons (Fsp3) is 0.381. The van der Waals surface area contributed by atoms with Gasteiger partial charge in [-0.05, 0) is 55.0 Å². The first-order valence-electron chi connectivity index (χ1n) is 8.79. The van der Waals surface area contributed by atoms with E-state index in [1.807, 2.05) is 11.9 Å². The lowest BCUT2D eigenvalue weighted by atomic mass is 10.0. The number of para-hydroxylation sites is 1. The van der Waals surface area contributed by atoms with E-state index in [9.17, 15) is 4.79 Å². The van der Waals surface area contributed by atoms with Crippen molar-refractivity contribution in [2.75, 3.05) is 25.2 Å². The maximum atomic E-state index is 12.5. The third-order valence-electron chi connectivity index (χ3n) is 4.29. The van der Waals surface area contributed by atoms with E-state index >= 15 is 0 Å². The molecule has 0 heterocycles. The van der Waals surface area contributed by atoms with Crippen molar-refractivity contribution in [3.05, 3.63) is 59.2 Å². The van der Waals surface area contributed by atoms with Crippen LogP contribution in [0.3, 0.4) is 0 Å². The van der Waals surface area contributed by atoms with Crippen LogP contribution in [0.2, 0.25) is 0 Å². The molecule has 1 N–H and O–H groups in total. The van der Waals surface area contributed by atoms with Crippen LogP contribution in [0.25, 0.3) is 0 Å². The van der Waals surface area contributed by atoms with E-state index in [0.29, 0.717) is 6.54 Å². The maximum absolute atomic E-state index is 12.5. The topological polar surface area (TPSA) is 32.3 Å². The Bertz CT molecular complexity index is 675. The number of hydrogen-bond donors (Lipinski definition) is 1. The standard InChI is InChI=1S/C21H28N2OS/c1-5-17-8-7-9-18(6-2)21(17)22-20(24)15-23(3)14-16-10-12-19(25-4)13-11-16/h7-13H,5-6,14-15H2,1-4H3,(H,22,24). The Balaban J connectivity index is 1.97. The second-order valence-corrected chi connectivity index (χ2v) is 7.11. The molecule has 0 fully saturated rings. The highest BCUT2D eigenvalue weighted by atomic mass is 32.2. The van der Waals surface area contributed by atoms with Gasteiger partial charge in [0, 0.05) is 17.1 Å². The van der Waals surface area contributed by atoms with Gasteiger partial charge in [-0.15, -0.1) is 11.8 Å². The molecule has 0 bridgehead atoms. The number of likely N-dealkylation sites (N-methyl/N-ethyl adjacent to an activating group) is 1. The number of aryl methyl sites for hydroxylation is 2. The summed E-state index contributed by atoms with van der Waals surface area (Å²) in [5.74, 6) is 0.0406.